The molecule has 1 aliphatic heterocycles. The highest BCUT2D eigenvalue weighted by molar-refractivity contribution is 5.40. The average Bonchev–Trinajstić information content (AvgIpc) is 3.23. The van der Waals surface area contributed by atoms with Gasteiger partial charge in [0.15, 0.2) is 11.6 Å². The average molecular weight is 399 g/mol. The van der Waals surface area contributed by atoms with Gasteiger partial charge in [0.1, 0.15) is 5.82 Å². The van der Waals surface area contributed by atoms with E-state index in [4.69, 9.17) is 9.72 Å². The van der Waals surface area contributed by atoms with Crippen molar-refractivity contribution >= 4 is 5.82 Å². The molecule has 1 aromatic carbocycles. The summed E-state index contributed by atoms with van der Waals surface area (Å²) >= 11 is 0. The van der Waals surface area contributed by atoms with Crippen LogP contribution in [0.3, 0.4) is 0 Å². The molecule has 3 atom stereocenters. The van der Waals surface area contributed by atoms with Gasteiger partial charge < -0.3 is 20.3 Å². The van der Waals surface area contributed by atoms with Gasteiger partial charge >= 0.3 is 0 Å². The molecule has 0 amide bonds. The van der Waals surface area contributed by atoms with Crippen LogP contribution < -0.4 is 20.3 Å². The highest BCUT2D eigenvalue weighted by Crippen LogP contribution is 2.36. The maximum atomic E-state index is 13.7. The predicted octanol–water partition coefficient (Wildman–Crippen LogP) is 3.63. The molecule has 5 nitrogen and oxygen atoms in total. The molecule has 2 unspecified atom stereocenters. The van der Waals surface area contributed by atoms with E-state index in [1.54, 1.807) is 6.07 Å². The molecule has 2 N–H and O–H groups in total. The first-order valence-corrected chi connectivity index (χ1v) is 10.6. The van der Waals surface area contributed by atoms with Crippen LogP contribution in [0.15, 0.2) is 36.5 Å². The zero-order valence-electron chi connectivity index (χ0n) is 17.3. The van der Waals surface area contributed by atoms with Crippen molar-refractivity contribution in [1.29, 1.82) is 0 Å². The van der Waals surface area contributed by atoms with Crippen molar-refractivity contribution < 1.29 is 9.13 Å². The molecule has 1 aliphatic carbocycles. The summed E-state index contributed by atoms with van der Waals surface area (Å²) in [5.41, 5.74) is 2.39. The molecule has 2 aromatic rings. The van der Waals surface area contributed by atoms with E-state index in [0.29, 0.717) is 17.7 Å². The number of aromatic nitrogens is 1. The van der Waals surface area contributed by atoms with E-state index in [2.05, 4.69) is 40.8 Å². The third-order valence-corrected chi connectivity index (χ3v) is 6.28. The van der Waals surface area contributed by atoms with E-state index in [1.807, 2.05) is 6.07 Å². The Morgan fingerprint density at radius 3 is 2.76 bits per heavy atom. The molecule has 0 bridgehead atoms. The van der Waals surface area contributed by atoms with Gasteiger partial charge in [0.25, 0.3) is 0 Å². The molecule has 2 fully saturated rings. The predicted molar refractivity (Wildman–Crippen MR) is 114 cm³/mol. The second-order valence-corrected chi connectivity index (χ2v) is 8.18. The van der Waals surface area contributed by atoms with E-state index in [0.717, 1.165) is 50.4 Å². The first kappa shape index (κ1) is 20.1. The Morgan fingerprint density at radius 2 is 2.03 bits per heavy atom. The third-order valence-electron chi connectivity index (χ3n) is 6.28. The van der Waals surface area contributed by atoms with Gasteiger partial charge in [-0.15, -0.1) is 0 Å². The van der Waals surface area contributed by atoms with Crippen LogP contribution in [-0.2, 0) is 0 Å². The van der Waals surface area contributed by atoms with Crippen LogP contribution in [0.4, 0.5) is 10.2 Å². The summed E-state index contributed by atoms with van der Waals surface area (Å²) in [5.74, 6) is 1.62. The molecule has 2 aliphatic rings. The van der Waals surface area contributed by atoms with E-state index < -0.39 is 0 Å². The first-order valence-electron chi connectivity index (χ1n) is 10.6. The summed E-state index contributed by atoms with van der Waals surface area (Å²) in [6, 6.07) is 10.1. The summed E-state index contributed by atoms with van der Waals surface area (Å²) in [5, 5.41) is 7.10. The Balaban J connectivity index is 1.34. The molecule has 2 heterocycles. The highest BCUT2D eigenvalue weighted by Gasteiger charge is 2.27. The van der Waals surface area contributed by atoms with Gasteiger partial charge in [-0.2, -0.15) is 0 Å². The van der Waals surface area contributed by atoms with Gasteiger partial charge in [0.05, 0.1) is 7.11 Å². The minimum absolute atomic E-state index is 0.154. The van der Waals surface area contributed by atoms with Crippen LogP contribution >= 0.6 is 0 Å². The van der Waals surface area contributed by atoms with Crippen LogP contribution in [-0.4, -0.2) is 44.3 Å². The Hall–Kier alpha value is -2.18. The lowest BCUT2D eigenvalue weighted by atomic mass is 9.99. The van der Waals surface area contributed by atoms with Crippen molar-refractivity contribution in [3.05, 3.63) is 53.5 Å². The minimum atomic E-state index is -0.318. The molecule has 6 heteroatoms. The number of hydrogen-bond acceptors (Lipinski definition) is 5. The number of pyridine rings is 1. The molecule has 156 valence electrons. The van der Waals surface area contributed by atoms with Crippen LogP contribution in [0.25, 0.3) is 0 Å². The highest BCUT2D eigenvalue weighted by atomic mass is 19.1. The lowest BCUT2D eigenvalue weighted by Crippen LogP contribution is -2.43. The maximum Gasteiger partial charge on any atom is 0.165 e. The fourth-order valence-electron chi connectivity index (χ4n) is 4.55. The van der Waals surface area contributed by atoms with Crippen molar-refractivity contribution in [2.75, 3.05) is 38.2 Å². The maximum absolute atomic E-state index is 13.7. The molecule has 0 radical (unpaired) electrons. The summed E-state index contributed by atoms with van der Waals surface area (Å²) in [6.45, 7) is 6.22. The zero-order valence-corrected chi connectivity index (χ0v) is 17.3. The zero-order chi connectivity index (χ0) is 20.2. The quantitative estimate of drug-likeness (QED) is 0.778. The van der Waals surface area contributed by atoms with Crippen molar-refractivity contribution in [3.8, 4) is 5.75 Å². The number of ether oxygens (including phenoxy) is 1. The molecular formula is C23H31FN4O. The summed E-state index contributed by atoms with van der Waals surface area (Å²) in [4.78, 5) is 7.08. The number of nitrogens with one attached hydrogen (secondary N) is 2. The lowest BCUT2D eigenvalue weighted by Gasteiger charge is -2.28. The van der Waals surface area contributed by atoms with Gasteiger partial charge in [-0.25, -0.2) is 9.37 Å². The molecule has 4 rings (SSSR count). The lowest BCUT2D eigenvalue weighted by molar-refractivity contribution is 0.384. The number of hydrogen-bond donors (Lipinski definition) is 2. The molecule has 0 spiro atoms. The van der Waals surface area contributed by atoms with Crippen LogP contribution in [0.5, 0.6) is 5.75 Å². The van der Waals surface area contributed by atoms with Gasteiger partial charge in [-0.1, -0.05) is 12.1 Å². The van der Waals surface area contributed by atoms with Crippen LogP contribution in [0, 0.1) is 5.82 Å². The van der Waals surface area contributed by atoms with Crippen LogP contribution in [0.2, 0.25) is 0 Å². The van der Waals surface area contributed by atoms with E-state index in [1.165, 1.54) is 25.2 Å². The van der Waals surface area contributed by atoms with E-state index >= 15 is 0 Å². The second kappa shape index (κ2) is 9.09. The fraction of sp³-hybridized carbons (Fsp3) is 0.522. The smallest absolute Gasteiger partial charge is 0.165 e. The fourth-order valence-corrected chi connectivity index (χ4v) is 4.55. The van der Waals surface area contributed by atoms with Gasteiger partial charge in [-0.05, 0) is 61.4 Å². The van der Waals surface area contributed by atoms with Crippen molar-refractivity contribution in [1.82, 2.24) is 15.6 Å². The molecule has 1 aromatic heterocycles. The molecule has 29 heavy (non-hydrogen) atoms. The summed E-state index contributed by atoms with van der Waals surface area (Å²) in [6.07, 6.45) is 5.49. The number of benzene rings is 1. The monoisotopic (exact) mass is 398 g/mol. The molecule has 1 saturated heterocycles. The number of rotatable bonds is 6. The molecular weight excluding hydrogens is 367 g/mol. The normalized spacial score (nSPS) is 23.2. The number of halogens is 1. The first-order chi connectivity index (χ1) is 14.1. The Bertz CT molecular complexity index is 807. The second-order valence-electron chi connectivity index (χ2n) is 8.18. The molecule has 1 saturated carbocycles. The summed E-state index contributed by atoms with van der Waals surface area (Å²) < 4.78 is 18.8. The largest absolute Gasteiger partial charge is 0.494 e. The number of piperazine rings is 1. The number of anilines is 1. The Morgan fingerprint density at radius 1 is 1.21 bits per heavy atom. The van der Waals surface area contributed by atoms with E-state index in [9.17, 15) is 4.39 Å². The minimum Gasteiger partial charge on any atom is -0.494 e. The van der Waals surface area contributed by atoms with Crippen molar-refractivity contribution in [3.63, 3.8) is 0 Å². The Kier molecular flexibility index (Phi) is 6.31. The van der Waals surface area contributed by atoms with Crippen molar-refractivity contribution in [2.45, 2.75) is 44.2 Å². The standard InChI is InChI=1S/C23H31FN4O/c1-16(17-4-7-21(24)22(14-17)29-2)27-20-6-3-18(13-20)19-5-8-23(26-15-19)28-11-9-25-10-12-28/h4-5,7-8,14-16,18,20,25,27H,3,6,9-13H2,1-2H3/t16-,18?,20?/m1/s1. The van der Waals surface area contributed by atoms with Gasteiger partial charge in [0.2, 0.25) is 0 Å². The van der Waals surface area contributed by atoms with Crippen LogP contribution in [0.1, 0.15) is 49.3 Å². The summed E-state index contributed by atoms with van der Waals surface area (Å²) in [7, 11) is 1.50. The third kappa shape index (κ3) is 4.70. The van der Waals surface area contributed by atoms with Gasteiger partial charge in [0, 0.05) is 44.5 Å². The number of methoxy groups -OCH3 is 1. The van der Waals surface area contributed by atoms with Gasteiger partial charge in [-0.3, -0.25) is 0 Å². The van der Waals surface area contributed by atoms with Crippen molar-refractivity contribution in [2.24, 2.45) is 0 Å². The number of nitrogens with zero attached hydrogens (tertiary/aromatic N) is 2. The SMILES string of the molecule is COc1cc([C@@H](C)NC2CCC(c3ccc(N4CCNCC4)nc3)C2)ccc1F. The topological polar surface area (TPSA) is 49.4 Å². The Labute approximate surface area is 172 Å². The van der Waals surface area contributed by atoms with E-state index in [-0.39, 0.29) is 11.9 Å².